The number of aldehydes is 1. The van der Waals surface area contributed by atoms with Gasteiger partial charge in [-0.25, -0.2) is 0 Å². The van der Waals surface area contributed by atoms with Crippen molar-refractivity contribution in [2.75, 3.05) is 6.54 Å². The molecule has 0 aliphatic rings. The number of halogens is 1. The summed E-state index contributed by atoms with van der Waals surface area (Å²) in [4.78, 5) is 10.5. The zero-order chi connectivity index (χ0) is 16.1. The molecule has 21 heavy (non-hydrogen) atoms. The van der Waals surface area contributed by atoms with Gasteiger partial charge in [-0.3, -0.25) is 4.79 Å². The molecule has 0 radical (unpaired) electrons. The summed E-state index contributed by atoms with van der Waals surface area (Å²) in [5.41, 5.74) is 0.643. The SMILES string of the molecule is C=CCC(C=C)/C=C/CN(I)S/C=C/C(C)CC(=C)C=O. The van der Waals surface area contributed by atoms with Crippen LogP contribution in [0, 0.1) is 11.8 Å². The smallest absolute Gasteiger partial charge is 0.145 e. The van der Waals surface area contributed by atoms with Crippen molar-refractivity contribution >= 4 is 41.1 Å². The summed E-state index contributed by atoms with van der Waals surface area (Å²) < 4.78 is 2.11. The Morgan fingerprint density at radius 3 is 2.67 bits per heavy atom. The summed E-state index contributed by atoms with van der Waals surface area (Å²) in [5.74, 6) is 0.690. The highest BCUT2D eigenvalue weighted by Gasteiger charge is 2.01. The molecule has 116 valence electrons. The van der Waals surface area contributed by atoms with Crippen molar-refractivity contribution in [2.24, 2.45) is 11.8 Å². The number of carbonyl (C=O) groups is 1. The van der Waals surface area contributed by atoms with Crippen LogP contribution in [0.1, 0.15) is 19.8 Å². The fourth-order valence-electron chi connectivity index (χ4n) is 1.57. The first-order valence-corrected chi connectivity index (χ1v) is 8.63. The van der Waals surface area contributed by atoms with Gasteiger partial charge in [0.2, 0.25) is 0 Å². The third kappa shape index (κ3) is 11.7. The summed E-state index contributed by atoms with van der Waals surface area (Å²) in [6, 6.07) is 0. The molecule has 2 nitrogen and oxygen atoms in total. The maximum absolute atomic E-state index is 10.5. The van der Waals surface area contributed by atoms with E-state index in [4.69, 9.17) is 0 Å². The second-order valence-corrected chi connectivity index (χ2v) is 7.49. The van der Waals surface area contributed by atoms with E-state index >= 15 is 0 Å². The number of rotatable bonds is 12. The van der Waals surface area contributed by atoms with Gasteiger partial charge in [0, 0.05) is 29.4 Å². The average Bonchev–Trinajstić information content (AvgIpc) is 2.46. The zero-order valence-electron chi connectivity index (χ0n) is 12.6. The predicted molar refractivity (Wildman–Crippen MR) is 104 cm³/mol. The summed E-state index contributed by atoms with van der Waals surface area (Å²) >= 11 is 3.91. The number of hydrogen-bond donors (Lipinski definition) is 0. The molecule has 0 aromatic heterocycles. The van der Waals surface area contributed by atoms with Crippen LogP contribution in [0.25, 0.3) is 0 Å². The van der Waals surface area contributed by atoms with E-state index in [0.29, 0.717) is 23.8 Å². The van der Waals surface area contributed by atoms with Crippen molar-refractivity contribution < 1.29 is 4.79 Å². The van der Waals surface area contributed by atoms with Gasteiger partial charge in [-0.15, -0.1) is 13.2 Å². The molecule has 0 spiro atoms. The minimum absolute atomic E-state index is 0.327. The monoisotopic (exact) mass is 417 g/mol. The Bertz CT molecular complexity index is 404. The standard InChI is InChI=1S/C17H24INOS/c1-5-8-17(6-2)9-7-11-19(18)21-12-10-15(3)13-16(4)14-20/h5-7,9-10,12,14-15,17H,1-2,4,8,11,13H2,3H3/b9-7+,12-10+. The van der Waals surface area contributed by atoms with Crippen molar-refractivity contribution in [3.05, 3.63) is 61.1 Å². The van der Waals surface area contributed by atoms with Crippen LogP contribution in [0.4, 0.5) is 0 Å². The molecule has 2 atom stereocenters. The Balaban J connectivity index is 4.03. The van der Waals surface area contributed by atoms with Crippen LogP contribution in [0.5, 0.6) is 0 Å². The molecule has 2 unspecified atom stereocenters. The van der Waals surface area contributed by atoms with Gasteiger partial charge in [-0.1, -0.05) is 43.9 Å². The van der Waals surface area contributed by atoms with Crippen LogP contribution in [-0.4, -0.2) is 15.3 Å². The van der Waals surface area contributed by atoms with Crippen LogP contribution in [0.3, 0.4) is 0 Å². The largest absolute Gasteiger partial charge is 0.298 e. The van der Waals surface area contributed by atoms with E-state index in [9.17, 15) is 4.79 Å². The second-order valence-electron chi connectivity index (χ2n) is 4.74. The number of allylic oxidation sites excluding steroid dienone is 5. The Hall–Kier alpha value is -0.590. The van der Waals surface area contributed by atoms with Gasteiger partial charge in [0.1, 0.15) is 6.29 Å². The Kier molecular flexibility index (Phi) is 12.7. The number of carbonyl (C=O) groups excluding carboxylic acids is 1. The topological polar surface area (TPSA) is 20.3 Å². The van der Waals surface area contributed by atoms with Gasteiger partial charge in [0.05, 0.1) is 0 Å². The summed E-state index contributed by atoms with van der Waals surface area (Å²) in [6.07, 6.45) is 12.7. The lowest BCUT2D eigenvalue weighted by molar-refractivity contribution is -0.105. The Labute approximate surface area is 147 Å². The summed E-state index contributed by atoms with van der Waals surface area (Å²) in [5, 5.41) is 2.05. The predicted octanol–water partition coefficient (Wildman–Crippen LogP) is 5.52. The van der Waals surface area contributed by atoms with Crippen LogP contribution in [-0.2, 0) is 4.79 Å². The highest BCUT2D eigenvalue weighted by Crippen LogP contribution is 2.19. The van der Waals surface area contributed by atoms with Gasteiger partial charge in [0.25, 0.3) is 0 Å². The quantitative estimate of drug-likeness (QED) is 0.104. The highest BCUT2D eigenvalue weighted by molar-refractivity contribution is 14.1. The lowest BCUT2D eigenvalue weighted by Gasteiger charge is -2.09. The van der Waals surface area contributed by atoms with E-state index in [2.05, 4.69) is 75.7 Å². The highest BCUT2D eigenvalue weighted by atomic mass is 127. The number of nitrogens with zero attached hydrogens (tertiary/aromatic N) is 1. The van der Waals surface area contributed by atoms with E-state index in [1.54, 1.807) is 11.9 Å². The molecule has 0 aliphatic heterocycles. The van der Waals surface area contributed by atoms with Crippen molar-refractivity contribution in [1.29, 1.82) is 0 Å². The van der Waals surface area contributed by atoms with E-state index in [-0.39, 0.29) is 0 Å². The molecule has 0 saturated carbocycles. The maximum Gasteiger partial charge on any atom is 0.145 e. The van der Waals surface area contributed by atoms with Crippen molar-refractivity contribution in [3.63, 3.8) is 0 Å². The third-order valence-electron chi connectivity index (χ3n) is 2.71. The summed E-state index contributed by atoms with van der Waals surface area (Å²) in [6.45, 7) is 14.2. The molecular formula is C17H24INOS. The van der Waals surface area contributed by atoms with Gasteiger partial charge < -0.3 is 0 Å². The van der Waals surface area contributed by atoms with E-state index in [0.717, 1.165) is 19.3 Å². The molecule has 0 bridgehead atoms. The normalized spacial score (nSPS) is 14.4. The van der Waals surface area contributed by atoms with Crippen molar-refractivity contribution in [1.82, 2.24) is 2.52 Å². The molecule has 0 rings (SSSR count). The average molecular weight is 417 g/mol. The lowest BCUT2D eigenvalue weighted by Crippen LogP contribution is -2.00. The first-order valence-electron chi connectivity index (χ1n) is 6.83. The van der Waals surface area contributed by atoms with Gasteiger partial charge in [-0.05, 0) is 47.6 Å². The molecule has 0 fully saturated rings. The molecule has 0 heterocycles. The van der Waals surface area contributed by atoms with Crippen LogP contribution in [0.15, 0.2) is 61.1 Å². The molecule has 0 aromatic carbocycles. The van der Waals surface area contributed by atoms with Crippen molar-refractivity contribution in [2.45, 2.75) is 19.8 Å². The first-order chi connectivity index (χ1) is 10.0. The zero-order valence-corrected chi connectivity index (χ0v) is 15.6. The fraction of sp³-hybridized carbons (Fsp3) is 0.353. The number of hydrogen-bond acceptors (Lipinski definition) is 3. The van der Waals surface area contributed by atoms with Crippen LogP contribution in [0.2, 0.25) is 0 Å². The third-order valence-corrected chi connectivity index (χ3v) is 4.44. The van der Waals surface area contributed by atoms with E-state index in [1.165, 1.54) is 0 Å². The fourth-order valence-corrected chi connectivity index (χ4v) is 2.84. The molecule has 0 aliphatic carbocycles. The van der Waals surface area contributed by atoms with Gasteiger partial charge in [0.15, 0.2) is 0 Å². The minimum Gasteiger partial charge on any atom is -0.298 e. The van der Waals surface area contributed by atoms with Crippen LogP contribution < -0.4 is 0 Å². The van der Waals surface area contributed by atoms with Gasteiger partial charge in [-0.2, -0.15) is 2.52 Å². The van der Waals surface area contributed by atoms with Crippen LogP contribution >= 0.6 is 34.8 Å². The Morgan fingerprint density at radius 1 is 1.38 bits per heavy atom. The Morgan fingerprint density at radius 2 is 2.10 bits per heavy atom. The van der Waals surface area contributed by atoms with E-state index in [1.807, 2.05) is 12.2 Å². The summed E-state index contributed by atoms with van der Waals surface area (Å²) in [7, 11) is 0. The molecule has 0 amide bonds. The maximum atomic E-state index is 10.5. The molecule has 4 heteroatoms. The molecular weight excluding hydrogens is 393 g/mol. The molecule has 0 saturated heterocycles. The van der Waals surface area contributed by atoms with Crippen molar-refractivity contribution in [3.8, 4) is 0 Å². The second kappa shape index (κ2) is 13.1. The minimum atomic E-state index is 0.327. The first kappa shape index (κ1) is 20.4. The van der Waals surface area contributed by atoms with Gasteiger partial charge >= 0.3 is 0 Å². The molecule has 0 aromatic rings. The lowest BCUT2D eigenvalue weighted by atomic mass is 10.0. The molecule has 0 N–H and O–H groups in total. The van der Waals surface area contributed by atoms with E-state index < -0.39 is 0 Å².